The highest BCUT2D eigenvalue weighted by atomic mass is 16.6. The van der Waals surface area contributed by atoms with Crippen molar-refractivity contribution in [1.82, 2.24) is 9.80 Å². The number of allylic oxidation sites excluding steroid dienone is 1. The van der Waals surface area contributed by atoms with E-state index in [1.54, 1.807) is 45.3 Å². The van der Waals surface area contributed by atoms with Crippen LogP contribution in [0.1, 0.15) is 18.5 Å². The Morgan fingerprint density at radius 3 is 2.32 bits per heavy atom. The lowest BCUT2D eigenvalue weighted by molar-refractivity contribution is -0.436. The van der Waals surface area contributed by atoms with Gasteiger partial charge in [0.25, 0.3) is 5.70 Å². The summed E-state index contributed by atoms with van der Waals surface area (Å²) in [5.74, 6) is 0. The molecule has 1 aliphatic heterocycles. The van der Waals surface area contributed by atoms with Crippen molar-refractivity contribution in [3.05, 3.63) is 57.4 Å². The highest BCUT2D eigenvalue weighted by molar-refractivity contribution is 5.78. The highest BCUT2D eigenvalue weighted by Crippen LogP contribution is 2.35. The fraction of sp³-hybridized carbons (Fsp3) is 0.308. The zero-order chi connectivity index (χ0) is 14.2. The Hall–Kier alpha value is -2.37. The zero-order valence-corrected chi connectivity index (χ0v) is 11.0. The van der Waals surface area contributed by atoms with Gasteiger partial charge in [-0.3, -0.25) is 15.0 Å². The molecule has 2 rings (SSSR count). The summed E-state index contributed by atoms with van der Waals surface area (Å²) < 4.78 is 0. The number of hydrogen-bond donors (Lipinski definition) is 0. The molecule has 6 heteroatoms. The SMILES string of the molecule is CC1=C([N+](=O)[O-])[C@H](c2ccccc2)N(C)C(=O)N1C. The molecule has 1 aliphatic rings. The van der Waals surface area contributed by atoms with Crippen LogP contribution in [0.2, 0.25) is 0 Å². The number of rotatable bonds is 2. The van der Waals surface area contributed by atoms with Crippen LogP contribution in [-0.2, 0) is 0 Å². The van der Waals surface area contributed by atoms with Gasteiger partial charge in [0.1, 0.15) is 0 Å². The summed E-state index contributed by atoms with van der Waals surface area (Å²) in [4.78, 5) is 25.7. The molecule has 0 fully saturated rings. The monoisotopic (exact) mass is 261 g/mol. The molecule has 2 amide bonds. The smallest absolute Gasteiger partial charge is 0.310 e. The molecule has 1 aromatic carbocycles. The number of likely N-dealkylation sites (N-methyl/N-ethyl adjacent to an activating group) is 1. The van der Waals surface area contributed by atoms with Crippen molar-refractivity contribution < 1.29 is 9.72 Å². The van der Waals surface area contributed by atoms with Crippen molar-refractivity contribution in [2.24, 2.45) is 0 Å². The van der Waals surface area contributed by atoms with E-state index in [1.165, 1.54) is 9.80 Å². The Morgan fingerprint density at radius 1 is 1.21 bits per heavy atom. The minimum atomic E-state index is -0.653. The average Bonchev–Trinajstić information content (AvgIpc) is 2.40. The molecule has 1 atom stereocenters. The van der Waals surface area contributed by atoms with Gasteiger partial charge in [0.2, 0.25) is 0 Å². The van der Waals surface area contributed by atoms with E-state index in [1.807, 2.05) is 6.07 Å². The number of hydrogen-bond acceptors (Lipinski definition) is 3. The van der Waals surface area contributed by atoms with Crippen LogP contribution in [0.4, 0.5) is 4.79 Å². The van der Waals surface area contributed by atoms with Crippen LogP contribution in [-0.4, -0.2) is 34.8 Å². The van der Waals surface area contributed by atoms with Crippen molar-refractivity contribution in [2.75, 3.05) is 14.1 Å². The van der Waals surface area contributed by atoms with Crippen LogP contribution in [0, 0.1) is 10.1 Å². The lowest BCUT2D eigenvalue weighted by Crippen LogP contribution is -2.47. The van der Waals surface area contributed by atoms with Crippen LogP contribution < -0.4 is 0 Å². The van der Waals surface area contributed by atoms with Crippen molar-refractivity contribution >= 4 is 6.03 Å². The van der Waals surface area contributed by atoms with Gasteiger partial charge in [0.15, 0.2) is 6.04 Å². The molecule has 0 aromatic heterocycles. The van der Waals surface area contributed by atoms with Crippen molar-refractivity contribution in [3.63, 3.8) is 0 Å². The molecule has 0 saturated heterocycles. The highest BCUT2D eigenvalue weighted by Gasteiger charge is 2.42. The average molecular weight is 261 g/mol. The molecule has 0 aliphatic carbocycles. The molecular weight excluding hydrogens is 246 g/mol. The summed E-state index contributed by atoms with van der Waals surface area (Å²) >= 11 is 0. The predicted octanol–water partition coefficient (Wildman–Crippen LogP) is 2.23. The molecule has 0 spiro atoms. The molecule has 0 N–H and O–H groups in total. The number of benzene rings is 1. The first-order chi connectivity index (χ1) is 8.95. The molecule has 0 bridgehead atoms. The van der Waals surface area contributed by atoms with Crippen LogP contribution >= 0.6 is 0 Å². The topological polar surface area (TPSA) is 66.7 Å². The zero-order valence-electron chi connectivity index (χ0n) is 11.0. The summed E-state index contributed by atoms with van der Waals surface area (Å²) in [5.41, 5.74) is 1.15. The van der Waals surface area contributed by atoms with E-state index >= 15 is 0 Å². The number of nitrogens with zero attached hydrogens (tertiary/aromatic N) is 3. The molecule has 6 nitrogen and oxygen atoms in total. The minimum absolute atomic E-state index is 0.0378. The van der Waals surface area contributed by atoms with E-state index < -0.39 is 11.0 Å². The first-order valence-electron chi connectivity index (χ1n) is 5.85. The quantitative estimate of drug-likeness (QED) is 0.605. The number of carbonyl (C=O) groups excluding carboxylic acids is 1. The Kier molecular flexibility index (Phi) is 3.25. The molecule has 19 heavy (non-hydrogen) atoms. The largest absolute Gasteiger partial charge is 0.324 e. The van der Waals surface area contributed by atoms with Gasteiger partial charge >= 0.3 is 6.03 Å². The van der Waals surface area contributed by atoms with Gasteiger partial charge in [-0.15, -0.1) is 0 Å². The number of urea groups is 1. The number of nitro groups is 1. The van der Waals surface area contributed by atoms with E-state index in [2.05, 4.69) is 0 Å². The summed E-state index contributed by atoms with van der Waals surface area (Å²) in [7, 11) is 3.12. The van der Waals surface area contributed by atoms with Crippen LogP contribution in [0.15, 0.2) is 41.7 Å². The first kappa shape index (κ1) is 13.1. The van der Waals surface area contributed by atoms with Crippen molar-refractivity contribution in [2.45, 2.75) is 13.0 Å². The summed E-state index contributed by atoms with van der Waals surface area (Å²) in [5, 5.41) is 11.3. The van der Waals surface area contributed by atoms with Gasteiger partial charge in [-0.1, -0.05) is 30.3 Å². The maximum absolute atomic E-state index is 12.1. The predicted molar refractivity (Wildman–Crippen MR) is 69.8 cm³/mol. The maximum Gasteiger partial charge on any atom is 0.324 e. The molecular formula is C13H15N3O3. The van der Waals surface area contributed by atoms with Gasteiger partial charge in [0.05, 0.1) is 10.6 Å². The second kappa shape index (κ2) is 4.72. The van der Waals surface area contributed by atoms with Gasteiger partial charge in [-0.25, -0.2) is 4.79 Å². The van der Waals surface area contributed by atoms with Gasteiger partial charge in [-0.2, -0.15) is 0 Å². The molecule has 0 unspecified atom stereocenters. The van der Waals surface area contributed by atoms with Crippen molar-refractivity contribution in [1.29, 1.82) is 0 Å². The van der Waals surface area contributed by atoms with Crippen LogP contribution in [0.5, 0.6) is 0 Å². The number of carbonyl (C=O) groups is 1. The molecule has 0 saturated carbocycles. The molecule has 100 valence electrons. The first-order valence-corrected chi connectivity index (χ1v) is 5.85. The van der Waals surface area contributed by atoms with Crippen LogP contribution in [0.25, 0.3) is 0 Å². The normalized spacial score (nSPS) is 19.9. The Labute approximate surface area is 111 Å². The van der Waals surface area contributed by atoms with Gasteiger partial charge in [-0.05, 0) is 12.5 Å². The van der Waals surface area contributed by atoms with E-state index in [9.17, 15) is 14.9 Å². The van der Waals surface area contributed by atoms with Gasteiger partial charge < -0.3 is 4.90 Å². The fourth-order valence-electron chi connectivity index (χ4n) is 2.29. The van der Waals surface area contributed by atoms with Crippen LogP contribution in [0.3, 0.4) is 0 Å². The lowest BCUT2D eigenvalue weighted by Gasteiger charge is -2.36. The third kappa shape index (κ3) is 2.05. The third-order valence-electron chi connectivity index (χ3n) is 3.42. The summed E-state index contributed by atoms with van der Waals surface area (Å²) in [6.45, 7) is 1.60. The molecule has 1 heterocycles. The van der Waals surface area contributed by atoms with E-state index in [4.69, 9.17) is 0 Å². The standard InChI is InChI=1S/C13H15N3O3/c1-9-11(16(18)19)12(10-7-5-4-6-8-10)15(3)13(17)14(9)2/h4-8,12H,1-3H3/t12-/m0/s1. The minimum Gasteiger partial charge on any atom is -0.310 e. The Bertz CT molecular complexity index is 554. The fourth-order valence-corrected chi connectivity index (χ4v) is 2.29. The Balaban J connectivity index is 2.62. The third-order valence-corrected chi connectivity index (χ3v) is 3.42. The molecule has 1 aromatic rings. The van der Waals surface area contributed by atoms with E-state index in [0.717, 1.165) is 5.56 Å². The maximum atomic E-state index is 12.1. The molecule has 0 radical (unpaired) electrons. The van der Waals surface area contributed by atoms with E-state index in [-0.39, 0.29) is 11.7 Å². The Morgan fingerprint density at radius 2 is 1.79 bits per heavy atom. The second-order valence-electron chi connectivity index (χ2n) is 4.49. The lowest BCUT2D eigenvalue weighted by atomic mass is 9.99. The van der Waals surface area contributed by atoms with E-state index in [0.29, 0.717) is 5.70 Å². The number of amides is 2. The summed E-state index contributed by atoms with van der Waals surface area (Å²) in [6.07, 6.45) is 0. The summed E-state index contributed by atoms with van der Waals surface area (Å²) in [6, 6.07) is 8.12. The second-order valence-corrected chi connectivity index (χ2v) is 4.49. The van der Waals surface area contributed by atoms with Crippen molar-refractivity contribution in [3.8, 4) is 0 Å². The van der Waals surface area contributed by atoms with Gasteiger partial charge in [0, 0.05) is 14.1 Å².